The molecule has 1 fully saturated rings. The average Bonchev–Trinajstić information content (AvgIpc) is 3.03. The fraction of sp³-hybridized carbons (Fsp3) is 0.353. The number of rotatable bonds is 4. The van der Waals surface area contributed by atoms with E-state index in [2.05, 4.69) is 27.1 Å². The van der Waals surface area contributed by atoms with Crippen molar-refractivity contribution in [3.8, 4) is 0 Å². The first-order valence-corrected chi connectivity index (χ1v) is 8.25. The lowest BCUT2D eigenvalue weighted by Crippen LogP contribution is -2.32. The molecule has 1 saturated heterocycles. The fourth-order valence-corrected chi connectivity index (χ4v) is 3.13. The standard InChI is InChI=1S/C17H19ClN4O2/c1-11-2-3-13(18)6-15(11)22-5-4-12(9-22)8-19-17(24)14-7-16(23)21-10-20-14/h2-3,6-7,10,12H,4-5,8-9H2,1H3,(H,19,24)(H,20,21,23). The third-order valence-corrected chi connectivity index (χ3v) is 4.50. The highest BCUT2D eigenvalue weighted by atomic mass is 35.5. The van der Waals surface area contributed by atoms with Crippen LogP contribution in [0.15, 0.2) is 35.4 Å². The number of H-pyrrole nitrogens is 1. The van der Waals surface area contributed by atoms with Crippen LogP contribution in [0.3, 0.4) is 0 Å². The second kappa shape index (κ2) is 7.05. The van der Waals surface area contributed by atoms with Gasteiger partial charge in [-0.05, 0) is 37.0 Å². The molecule has 7 heteroatoms. The van der Waals surface area contributed by atoms with Crippen molar-refractivity contribution < 1.29 is 4.79 Å². The Kier molecular flexibility index (Phi) is 4.85. The number of halogens is 1. The van der Waals surface area contributed by atoms with E-state index in [1.165, 1.54) is 18.0 Å². The Hall–Kier alpha value is -2.34. The maximum Gasteiger partial charge on any atom is 0.270 e. The molecule has 3 rings (SSSR count). The molecule has 24 heavy (non-hydrogen) atoms. The van der Waals surface area contributed by atoms with Crippen molar-refractivity contribution in [1.29, 1.82) is 0 Å². The third kappa shape index (κ3) is 3.76. The van der Waals surface area contributed by atoms with Crippen LogP contribution in [0.2, 0.25) is 5.02 Å². The molecular weight excluding hydrogens is 328 g/mol. The summed E-state index contributed by atoms with van der Waals surface area (Å²) in [5.41, 5.74) is 2.14. The molecule has 0 bridgehead atoms. The number of aromatic amines is 1. The fourth-order valence-electron chi connectivity index (χ4n) is 2.96. The molecule has 1 aromatic carbocycles. The van der Waals surface area contributed by atoms with Crippen LogP contribution in [0, 0.1) is 12.8 Å². The Balaban J connectivity index is 1.57. The predicted molar refractivity (Wildman–Crippen MR) is 93.7 cm³/mol. The van der Waals surface area contributed by atoms with Gasteiger partial charge in [0.15, 0.2) is 0 Å². The summed E-state index contributed by atoms with van der Waals surface area (Å²) in [7, 11) is 0. The van der Waals surface area contributed by atoms with Gasteiger partial charge in [0.25, 0.3) is 11.5 Å². The molecule has 1 aliphatic rings. The Bertz CT molecular complexity index is 805. The Morgan fingerprint density at radius 2 is 2.29 bits per heavy atom. The second-order valence-electron chi connectivity index (χ2n) is 6.04. The van der Waals surface area contributed by atoms with E-state index in [0.29, 0.717) is 12.5 Å². The lowest BCUT2D eigenvalue weighted by atomic mass is 10.1. The monoisotopic (exact) mass is 346 g/mol. The Labute approximate surface area is 144 Å². The van der Waals surface area contributed by atoms with Crippen molar-refractivity contribution in [2.45, 2.75) is 13.3 Å². The van der Waals surface area contributed by atoms with Gasteiger partial charge in [0.05, 0.1) is 6.33 Å². The number of carbonyl (C=O) groups is 1. The van der Waals surface area contributed by atoms with E-state index < -0.39 is 0 Å². The van der Waals surface area contributed by atoms with Crippen LogP contribution in [0.4, 0.5) is 5.69 Å². The quantitative estimate of drug-likeness (QED) is 0.887. The van der Waals surface area contributed by atoms with Crippen molar-refractivity contribution in [3.63, 3.8) is 0 Å². The first kappa shape index (κ1) is 16.5. The molecule has 0 radical (unpaired) electrons. The van der Waals surface area contributed by atoms with E-state index in [9.17, 15) is 9.59 Å². The van der Waals surface area contributed by atoms with Crippen LogP contribution >= 0.6 is 11.6 Å². The normalized spacial score (nSPS) is 17.1. The molecule has 1 unspecified atom stereocenters. The van der Waals surface area contributed by atoms with E-state index in [1.807, 2.05) is 18.2 Å². The van der Waals surface area contributed by atoms with Gasteiger partial charge in [-0.3, -0.25) is 9.59 Å². The number of aryl methyl sites for hydroxylation is 1. The van der Waals surface area contributed by atoms with E-state index >= 15 is 0 Å². The van der Waals surface area contributed by atoms with Crippen LogP contribution < -0.4 is 15.8 Å². The molecule has 0 saturated carbocycles. The van der Waals surface area contributed by atoms with Crippen LogP contribution in [0.1, 0.15) is 22.5 Å². The molecule has 0 spiro atoms. The smallest absolute Gasteiger partial charge is 0.270 e. The predicted octanol–water partition coefficient (Wildman–Crippen LogP) is 1.99. The van der Waals surface area contributed by atoms with Gasteiger partial charge in [0.2, 0.25) is 0 Å². The lowest BCUT2D eigenvalue weighted by molar-refractivity contribution is 0.0943. The molecule has 126 valence electrons. The van der Waals surface area contributed by atoms with Crippen LogP contribution in [-0.4, -0.2) is 35.5 Å². The number of benzene rings is 1. The number of aromatic nitrogens is 2. The van der Waals surface area contributed by atoms with Crippen LogP contribution in [-0.2, 0) is 0 Å². The van der Waals surface area contributed by atoms with Crippen molar-refractivity contribution >= 4 is 23.2 Å². The molecule has 2 heterocycles. The molecule has 1 aliphatic heterocycles. The van der Waals surface area contributed by atoms with Gasteiger partial charge in [0.1, 0.15) is 5.69 Å². The number of carbonyl (C=O) groups excluding carboxylic acids is 1. The zero-order valence-corrected chi connectivity index (χ0v) is 14.1. The molecular formula is C17H19ClN4O2. The molecule has 1 atom stereocenters. The van der Waals surface area contributed by atoms with Gasteiger partial charge < -0.3 is 15.2 Å². The lowest BCUT2D eigenvalue weighted by Gasteiger charge is -2.21. The molecule has 2 aromatic rings. The number of amides is 1. The van der Waals surface area contributed by atoms with E-state index in [0.717, 1.165) is 30.2 Å². The summed E-state index contributed by atoms with van der Waals surface area (Å²) in [5, 5.41) is 3.59. The van der Waals surface area contributed by atoms with Gasteiger partial charge in [0, 0.05) is 36.4 Å². The highest BCUT2D eigenvalue weighted by molar-refractivity contribution is 6.30. The Morgan fingerprint density at radius 1 is 1.46 bits per heavy atom. The minimum absolute atomic E-state index is 0.138. The van der Waals surface area contributed by atoms with Gasteiger partial charge in [-0.2, -0.15) is 0 Å². The SMILES string of the molecule is Cc1ccc(Cl)cc1N1CCC(CNC(=O)c2cc(=O)[nH]cn2)C1. The molecule has 1 aromatic heterocycles. The largest absolute Gasteiger partial charge is 0.371 e. The summed E-state index contributed by atoms with van der Waals surface area (Å²) < 4.78 is 0. The van der Waals surface area contributed by atoms with Crippen LogP contribution in [0.25, 0.3) is 0 Å². The molecule has 1 amide bonds. The highest BCUT2D eigenvalue weighted by Gasteiger charge is 2.24. The minimum Gasteiger partial charge on any atom is -0.371 e. The summed E-state index contributed by atoms with van der Waals surface area (Å²) in [5.74, 6) is 0.0350. The zero-order chi connectivity index (χ0) is 17.1. The summed E-state index contributed by atoms with van der Waals surface area (Å²) in [6.45, 7) is 4.43. The van der Waals surface area contributed by atoms with Gasteiger partial charge in [-0.1, -0.05) is 17.7 Å². The maximum absolute atomic E-state index is 12.0. The number of hydrogen-bond donors (Lipinski definition) is 2. The van der Waals surface area contributed by atoms with E-state index in [4.69, 9.17) is 11.6 Å². The van der Waals surface area contributed by atoms with Gasteiger partial charge >= 0.3 is 0 Å². The molecule has 0 aliphatic carbocycles. The van der Waals surface area contributed by atoms with Crippen molar-refractivity contribution in [3.05, 3.63) is 57.2 Å². The number of nitrogens with zero attached hydrogens (tertiary/aromatic N) is 2. The zero-order valence-electron chi connectivity index (χ0n) is 13.4. The topological polar surface area (TPSA) is 78.1 Å². The van der Waals surface area contributed by atoms with Crippen molar-refractivity contribution in [1.82, 2.24) is 15.3 Å². The van der Waals surface area contributed by atoms with Gasteiger partial charge in [-0.25, -0.2) is 4.98 Å². The summed E-state index contributed by atoms with van der Waals surface area (Å²) in [4.78, 5) is 31.8. The summed E-state index contributed by atoms with van der Waals surface area (Å²) >= 11 is 6.10. The first-order valence-electron chi connectivity index (χ1n) is 7.87. The maximum atomic E-state index is 12.0. The first-order chi connectivity index (χ1) is 11.5. The third-order valence-electron chi connectivity index (χ3n) is 4.26. The summed E-state index contributed by atoms with van der Waals surface area (Å²) in [6, 6.07) is 7.09. The number of anilines is 1. The van der Waals surface area contributed by atoms with Crippen molar-refractivity contribution in [2.24, 2.45) is 5.92 Å². The van der Waals surface area contributed by atoms with Crippen molar-refractivity contribution in [2.75, 3.05) is 24.5 Å². The number of hydrogen-bond acceptors (Lipinski definition) is 4. The molecule has 2 N–H and O–H groups in total. The second-order valence-corrected chi connectivity index (χ2v) is 6.47. The summed E-state index contributed by atoms with van der Waals surface area (Å²) in [6.07, 6.45) is 2.23. The molecule has 6 nitrogen and oxygen atoms in total. The van der Waals surface area contributed by atoms with Gasteiger partial charge in [-0.15, -0.1) is 0 Å². The Morgan fingerprint density at radius 3 is 3.08 bits per heavy atom. The minimum atomic E-state index is -0.335. The number of nitrogens with one attached hydrogen (secondary N) is 2. The van der Waals surface area contributed by atoms with E-state index in [-0.39, 0.29) is 17.2 Å². The van der Waals surface area contributed by atoms with E-state index in [1.54, 1.807) is 0 Å². The van der Waals surface area contributed by atoms with Crippen LogP contribution in [0.5, 0.6) is 0 Å². The highest BCUT2D eigenvalue weighted by Crippen LogP contribution is 2.29. The average molecular weight is 347 g/mol.